The van der Waals surface area contributed by atoms with Crippen LogP contribution < -0.4 is 0 Å². The van der Waals surface area contributed by atoms with Crippen LogP contribution in [-0.4, -0.2) is 59.7 Å². The Morgan fingerprint density at radius 3 is 2.93 bits per heavy atom. The Hall–Kier alpha value is -0.750. The normalized spacial score (nSPS) is 22.1. The Kier molecular flexibility index (Phi) is 4.21. The van der Waals surface area contributed by atoms with E-state index in [0.717, 1.165) is 0 Å². The molecule has 0 bridgehead atoms. The van der Waals surface area contributed by atoms with Gasteiger partial charge in [-0.05, 0) is 6.26 Å². The lowest BCUT2D eigenvalue weighted by atomic mass is 10.2. The molecule has 14 heavy (non-hydrogen) atoms. The molecule has 0 spiro atoms. The molecule has 1 unspecified atom stereocenters. The fraction of sp³-hybridized carbons (Fsp3) is 0.750. The molecule has 6 heteroatoms. The first kappa shape index (κ1) is 11.3. The van der Waals surface area contributed by atoms with Crippen molar-refractivity contribution in [2.24, 2.45) is 0 Å². The number of carboxylic acid groups (broad SMARTS) is 1. The first-order valence-corrected chi connectivity index (χ1v) is 5.65. The van der Waals surface area contributed by atoms with Crippen molar-refractivity contribution >= 4 is 23.6 Å². The highest BCUT2D eigenvalue weighted by Crippen LogP contribution is 2.09. The molecule has 1 heterocycles. The molecule has 0 radical (unpaired) electrons. The van der Waals surface area contributed by atoms with Crippen molar-refractivity contribution in [2.45, 2.75) is 6.04 Å². The third-order valence-corrected chi connectivity index (χ3v) is 2.54. The Bertz CT molecular complexity index is 233. The maximum Gasteiger partial charge on any atom is 0.328 e. The number of aliphatic carboxylic acids is 1. The van der Waals surface area contributed by atoms with Gasteiger partial charge in [-0.3, -0.25) is 4.79 Å². The number of morpholine rings is 1. The summed E-state index contributed by atoms with van der Waals surface area (Å²) in [5.41, 5.74) is 0. The van der Waals surface area contributed by atoms with Gasteiger partial charge in [0, 0.05) is 6.54 Å². The molecule has 0 saturated carbocycles. The third kappa shape index (κ3) is 2.62. The van der Waals surface area contributed by atoms with Gasteiger partial charge in [-0.15, -0.1) is 0 Å². The summed E-state index contributed by atoms with van der Waals surface area (Å²) in [7, 11) is 0. The predicted molar refractivity (Wildman–Crippen MR) is 52.3 cm³/mol. The van der Waals surface area contributed by atoms with Gasteiger partial charge in [0.2, 0.25) is 5.91 Å². The van der Waals surface area contributed by atoms with Gasteiger partial charge in [-0.25, -0.2) is 4.79 Å². The fourth-order valence-corrected chi connectivity index (χ4v) is 1.73. The van der Waals surface area contributed by atoms with Crippen molar-refractivity contribution in [1.29, 1.82) is 0 Å². The molecular formula is C8H13NO4S. The molecule has 1 aliphatic heterocycles. The molecule has 0 aliphatic carbocycles. The van der Waals surface area contributed by atoms with E-state index in [4.69, 9.17) is 9.84 Å². The highest BCUT2D eigenvalue weighted by Gasteiger charge is 2.32. The number of hydrogen-bond donors (Lipinski definition) is 1. The van der Waals surface area contributed by atoms with Gasteiger partial charge >= 0.3 is 5.97 Å². The van der Waals surface area contributed by atoms with E-state index in [1.807, 2.05) is 6.26 Å². The number of carbonyl (C=O) groups is 2. The summed E-state index contributed by atoms with van der Waals surface area (Å²) < 4.78 is 5.02. The zero-order chi connectivity index (χ0) is 10.6. The number of rotatable bonds is 3. The summed E-state index contributed by atoms with van der Waals surface area (Å²) >= 11 is 1.39. The van der Waals surface area contributed by atoms with Gasteiger partial charge in [0.1, 0.15) is 0 Å². The van der Waals surface area contributed by atoms with E-state index >= 15 is 0 Å². The quantitative estimate of drug-likeness (QED) is 0.703. The molecule has 1 aliphatic rings. The van der Waals surface area contributed by atoms with Crippen LogP contribution in [-0.2, 0) is 14.3 Å². The van der Waals surface area contributed by atoms with Gasteiger partial charge in [0.15, 0.2) is 6.04 Å². The van der Waals surface area contributed by atoms with Crippen molar-refractivity contribution in [3.05, 3.63) is 0 Å². The van der Waals surface area contributed by atoms with E-state index in [0.29, 0.717) is 18.9 Å². The lowest BCUT2D eigenvalue weighted by molar-refractivity contribution is -0.157. The zero-order valence-corrected chi connectivity index (χ0v) is 8.75. The zero-order valence-electron chi connectivity index (χ0n) is 7.93. The molecule has 0 aromatic carbocycles. The number of nitrogens with zero attached hydrogens (tertiary/aromatic N) is 1. The standard InChI is InChI=1S/C8H13NO4S/c1-14-5-7(10)9-2-3-13-4-6(9)8(11)12/h6H,2-5H2,1H3,(H,11,12). The average molecular weight is 219 g/mol. The number of thioether (sulfide) groups is 1. The molecule has 1 atom stereocenters. The number of carbonyl (C=O) groups excluding carboxylic acids is 1. The van der Waals surface area contributed by atoms with Crippen LogP contribution >= 0.6 is 11.8 Å². The Balaban J connectivity index is 2.62. The second kappa shape index (κ2) is 5.21. The second-order valence-electron chi connectivity index (χ2n) is 2.95. The van der Waals surface area contributed by atoms with Crippen molar-refractivity contribution in [1.82, 2.24) is 4.90 Å². The van der Waals surface area contributed by atoms with E-state index in [1.54, 1.807) is 0 Å². The minimum Gasteiger partial charge on any atom is -0.480 e. The number of carboxylic acids is 1. The van der Waals surface area contributed by atoms with Crippen molar-refractivity contribution < 1.29 is 19.4 Å². The summed E-state index contributed by atoms with van der Waals surface area (Å²) in [4.78, 5) is 23.7. The molecule has 1 rings (SSSR count). The van der Waals surface area contributed by atoms with Crippen LogP contribution in [0.1, 0.15) is 0 Å². The van der Waals surface area contributed by atoms with Gasteiger partial charge in [-0.1, -0.05) is 0 Å². The van der Waals surface area contributed by atoms with Crippen LogP contribution in [0.3, 0.4) is 0 Å². The fourth-order valence-electron chi connectivity index (χ4n) is 1.31. The summed E-state index contributed by atoms with van der Waals surface area (Å²) in [5, 5.41) is 8.85. The van der Waals surface area contributed by atoms with E-state index in [-0.39, 0.29) is 12.5 Å². The Morgan fingerprint density at radius 2 is 2.36 bits per heavy atom. The minimum atomic E-state index is -1.00. The highest BCUT2D eigenvalue weighted by atomic mass is 32.2. The maximum atomic E-state index is 11.5. The summed E-state index contributed by atoms with van der Waals surface area (Å²) in [6.45, 7) is 0.885. The Labute approximate surface area is 86.4 Å². The van der Waals surface area contributed by atoms with Crippen LogP contribution in [0.4, 0.5) is 0 Å². The van der Waals surface area contributed by atoms with Crippen LogP contribution in [0.5, 0.6) is 0 Å². The maximum absolute atomic E-state index is 11.5. The van der Waals surface area contributed by atoms with Gasteiger partial charge in [-0.2, -0.15) is 11.8 Å². The van der Waals surface area contributed by atoms with Crippen molar-refractivity contribution in [3.63, 3.8) is 0 Å². The first-order chi connectivity index (χ1) is 6.66. The van der Waals surface area contributed by atoms with Gasteiger partial charge < -0.3 is 14.7 Å². The molecule has 1 saturated heterocycles. The second-order valence-corrected chi connectivity index (χ2v) is 3.82. The molecule has 1 amide bonds. The molecule has 80 valence electrons. The molecule has 0 aromatic rings. The van der Waals surface area contributed by atoms with Gasteiger partial charge in [0.05, 0.1) is 19.0 Å². The lowest BCUT2D eigenvalue weighted by Crippen LogP contribution is -2.53. The summed E-state index contributed by atoms with van der Waals surface area (Å²) in [5.74, 6) is -0.809. The number of ether oxygens (including phenoxy) is 1. The van der Waals surface area contributed by atoms with E-state index < -0.39 is 12.0 Å². The summed E-state index contributed by atoms with van der Waals surface area (Å²) in [6.07, 6.45) is 1.81. The lowest BCUT2D eigenvalue weighted by Gasteiger charge is -2.32. The van der Waals surface area contributed by atoms with E-state index in [1.165, 1.54) is 16.7 Å². The highest BCUT2D eigenvalue weighted by molar-refractivity contribution is 7.99. The summed E-state index contributed by atoms with van der Waals surface area (Å²) in [6, 6.07) is -0.816. The number of hydrogen-bond acceptors (Lipinski definition) is 4. The molecule has 5 nitrogen and oxygen atoms in total. The molecular weight excluding hydrogens is 206 g/mol. The average Bonchev–Trinajstić information content (AvgIpc) is 2.18. The number of amides is 1. The van der Waals surface area contributed by atoms with Crippen LogP contribution in [0, 0.1) is 0 Å². The third-order valence-electron chi connectivity index (χ3n) is 2.00. The first-order valence-electron chi connectivity index (χ1n) is 4.25. The monoisotopic (exact) mass is 219 g/mol. The molecule has 1 fully saturated rings. The predicted octanol–water partition coefficient (Wildman–Crippen LogP) is -0.339. The van der Waals surface area contributed by atoms with Crippen molar-refractivity contribution in [3.8, 4) is 0 Å². The largest absolute Gasteiger partial charge is 0.480 e. The van der Waals surface area contributed by atoms with Crippen molar-refractivity contribution in [2.75, 3.05) is 31.8 Å². The smallest absolute Gasteiger partial charge is 0.328 e. The topological polar surface area (TPSA) is 66.8 Å². The molecule has 0 aromatic heterocycles. The SMILES string of the molecule is CSCC(=O)N1CCOCC1C(=O)O. The van der Waals surface area contributed by atoms with E-state index in [9.17, 15) is 9.59 Å². The Morgan fingerprint density at radius 1 is 1.64 bits per heavy atom. The minimum absolute atomic E-state index is 0.0927. The van der Waals surface area contributed by atoms with Crippen LogP contribution in [0.25, 0.3) is 0 Å². The van der Waals surface area contributed by atoms with Crippen LogP contribution in [0.2, 0.25) is 0 Å². The van der Waals surface area contributed by atoms with Crippen LogP contribution in [0.15, 0.2) is 0 Å². The van der Waals surface area contributed by atoms with E-state index in [2.05, 4.69) is 0 Å². The van der Waals surface area contributed by atoms with Gasteiger partial charge in [0.25, 0.3) is 0 Å². The molecule has 1 N–H and O–H groups in total.